The minimum atomic E-state index is -3.02. The van der Waals surface area contributed by atoms with Gasteiger partial charge in [-0.3, -0.25) is 9.59 Å². The molecule has 0 aliphatic carbocycles. The van der Waals surface area contributed by atoms with Crippen molar-refractivity contribution in [1.29, 1.82) is 0 Å². The molecule has 108 valence electrons. The molecular formula is C11H19N3O4S. The Labute approximate surface area is 112 Å². The summed E-state index contributed by atoms with van der Waals surface area (Å²) in [6.07, 6.45) is 1.21. The summed E-state index contributed by atoms with van der Waals surface area (Å²) in [4.78, 5) is 22.8. The van der Waals surface area contributed by atoms with E-state index in [1.807, 2.05) is 0 Å². The van der Waals surface area contributed by atoms with E-state index < -0.39 is 9.84 Å². The van der Waals surface area contributed by atoms with Crippen LogP contribution in [0.4, 0.5) is 0 Å². The molecule has 2 saturated heterocycles. The molecule has 2 rings (SSSR count). The highest BCUT2D eigenvalue weighted by Gasteiger charge is 2.27. The molecule has 2 heterocycles. The number of carbonyl (C=O) groups excluding carboxylic acids is 2. The normalized spacial score (nSPS) is 30.4. The van der Waals surface area contributed by atoms with Gasteiger partial charge in [0.1, 0.15) is 0 Å². The maximum absolute atomic E-state index is 11.8. The Morgan fingerprint density at radius 2 is 2.21 bits per heavy atom. The fourth-order valence-electron chi connectivity index (χ4n) is 2.36. The van der Waals surface area contributed by atoms with E-state index in [2.05, 4.69) is 16.0 Å². The predicted molar refractivity (Wildman–Crippen MR) is 69.2 cm³/mol. The first kappa shape index (κ1) is 14.3. The van der Waals surface area contributed by atoms with Gasteiger partial charge in [0.15, 0.2) is 9.84 Å². The van der Waals surface area contributed by atoms with Crippen molar-refractivity contribution in [2.24, 2.45) is 0 Å². The second-order valence-electron chi connectivity index (χ2n) is 5.08. The van der Waals surface area contributed by atoms with Crippen LogP contribution >= 0.6 is 0 Å². The van der Waals surface area contributed by atoms with E-state index in [0.717, 1.165) is 0 Å². The molecule has 0 spiro atoms. The second-order valence-corrected chi connectivity index (χ2v) is 7.31. The van der Waals surface area contributed by atoms with Gasteiger partial charge < -0.3 is 16.0 Å². The molecule has 0 bridgehead atoms. The van der Waals surface area contributed by atoms with Gasteiger partial charge in [-0.25, -0.2) is 8.42 Å². The number of nitrogens with one attached hydrogen (secondary N) is 3. The molecule has 2 amide bonds. The lowest BCUT2D eigenvalue weighted by atomic mass is 10.1. The summed E-state index contributed by atoms with van der Waals surface area (Å²) in [5.74, 6) is -0.0111. The van der Waals surface area contributed by atoms with Crippen LogP contribution in [-0.2, 0) is 19.4 Å². The van der Waals surface area contributed by atoms with Gasteiger partial charge in [-0.1, -0.05) is 0 Å². The first-order valence-corrected chi connectivity index (χ1v) is 8.26. The molecule has 0 radical (unpaired) electrons. The summed E-state index contributed by atoms with van der Waals surface area (Å²) in [5.41, 5.74) is 0. The third-order valence-corrected chi connectivity index (χ3v) is 5.10. The van der Waals surface area contributed by atoms with Crippen molar-refractivity contribution in [3.05, 3.63) is 0 Å². The van der Waals surface area contributed by atoms with Gasteiger partial charge in [-0.15, -0.1) is 0 Å². The monoisotopic (exact) mass is 289 g/mol. The molecule has 0 saturated carbocycles. The van der Waals surface area contributed by atoms with E-state index >= 15 is 0 Å². The van der Waals surface area contributed by atoms with Crippen molar-refractivity contribution in [3.63, 3.8) is 0 Å². The summed E-state index contributed by atoms with van der Waals surface area (Å²) in [7, 11) is -3.02. The fraction of sp³-hybridized carbons (Fsp3) is 0.818. The van der Waals surface area contributed by atoms with Crippen molar-refractivity contribution in [3.8, 4) is 0 Å². The number of piperidine rings is 1. The first-order chi connectivity index (χ1) is 8.94. The van der Waals surface area contributed by atoms with Crippen LogP contribution in [0.5, 0.6) is 0 Å². The fourth-order valence-corrected chi connectivity index (χ4v) is 3.81. The maximum atomic E-state index is 11.8. The van der Waals surface area contributed by atoms with Gasteiger partial charge in [0, 0.05) is 38.0 Å². The van der Waals surface area contributed by atoms with E-state index in [-0.39, 0.29) is 41.8 Å². The molecule has 2 unspecified atom stereocenters. The highest BCUT2D eigenvalue weighted by molar-refractivity contribution is 7.91. The molecule has 2 aliphatic heterocycles. The lowest BCUT2D eigenvalue weighted by molar-refractivity contribution is -0.125. The van der Waals surface area contributed by atoms with Crippen LogP contribution in [0.15, 0.2) is 0 Å². The van der Waals surface area contributed by atoms with Crippen molar-refractivity contribution in [1.82, 2.24) is 16.0 Å². The van der Waals surface area contributed by atoms with Crippen LogP contribution in [0.25, 0.3) is 0 Å². The molecule has 19 heavy (non-hydrogen) atoms. The van der Waals surface area contributed by atoms with Gasteiger partial charge in [0.25, 0.3) is 0 Å². The van der Waals surface area contributed by atoms with E-state index in [9.17, 15) is 18.0 Å². The van der Waals surface area contributed by atoms with Gasteiger partial charge in [0.05, 0.1) is 11.5 Å². The molecule has 0 aromatic carbocycles. The van der Waals surface area contributed by atoms with E-state index in [0.29, 0.717) is 25.9 Å². The predicted octanol–water partition coefficient (Wildman–Crippen LogP) is -1.84. The van der Waals surface area contributed by atoms with Crippen LogP contribution in [0.2, 0.25) is 0 Å². The van der Waals surface area contributed by atoms with Crippen molar-refractivity contribution in [2.75, 3.05) is 24.6 Å². The molecule has 2 fully saturated rings. The number of amides is 2. The molecule has 2 aliphatic rings. The largest absolute Gasteiger partial charge is 0.354 e. The Kier molecular flexibility index (Phi) is 4.41. The maximum Gasteiger partial charge on any atom is 0.221 e. The van der Waals surface area contributed by atoms with Gasteiger partial charge in [-0.05, 0) is 6.42 Å². The molecule has 7 nitrogen and oxygen atoms in total. The summed E-state index contributed by atoms with van der Waals surface area (Å²) in [6.45, 7) is 0.848. The Morgan fingerprint density at radius 3 is 2.84 bits per heavy atom. The Morgan fingerprint density at radius 1 is 1.42 bits per heavy atom. The molecule has 3 N–H and O–H groups in total. The van der Waals surface area contributed by atoms with Gasteiger partial charge in [0.2, 0.25) is 11.8 Å². The minimum Gasteiger partial charge on any atom is -0.354 e. The van der Waals surface area contributed by atoms with Crippen molar-refractivity contribution in [2.45, 2.75) is 31.3 Å². The van der Waals surface area contributed by atoms with E-state index in [1.54, 1.807) is 0 Å². The minimum absolute atomic E-state index is 0.00513. The van der Waals surface area contributed by atoms with Gasteiger partial charge in [-0.2, -0.15) is 0 Å². The molecule has 0 aromatic rings. The number of rotatable bonds is 3. The summed E-state index contributed by atoms with van der Waals surface area (Å²) >= 11 is 0. The Hall–Kier alpha value is -1.15. The molecule has 8 heteroatoms. The lowest BCUT2D eigenvalue weighted by Crippen LogP contribution is -2.51. The van der Waals surface area contributed by atoms with Crippen LogP contribution in [0.1, 0.15) is 19.3 Å². The number of sulfone groups is 1. The smallest absolute Gasteiger partial charge is 0.221 e. The highest BCUT2D eigenvalue weighted by Crippen LogP contribution is 2.07. The average Bonchev–Trinajstić information content (AvgIpc) is 2.30. The first-order valence-electron chi connectivity index (χ1n) is 6.44. The third-order valence-electron chi connectivity index (χ3n) is 3.36. The number of hydrogen-bond acceptors (Lipinski definition) is 5. The number of carbonyl (C=O) groups is 2. The van der Waals surface area contributed by atoms with Crippen LogP contribution < -0.4 is 16.0 Å². The summed E-state index contributed by atoms with van der Waals surface area (Å²) < 4.78 is 22.9. The second kappa shape index (κ2) is 5.87. The SMILES string of the molecule is O=C1CCC(NC(=O)CC2CS(=O)(=O)CCN2)CN1. The van der Waals surface area contributed by atoms with Crippen LogP contribution in [0, 0.1) is 0 Å². The lowest BCUT2D eigenvalue weighted by Gasteiger charge is -2.26. The van der Waals surface area contributed by atoms with Crippen molar-refractivity contribution < 1.29 is 18.0 Å². The molecule has 0 aromatic heterocycles. The molecular weight excluding hydrogens is 270 g/mol. The van der Waals surface area contributed by atoms with Crippen LogP contribution in [-0.4, -0.2) is 56.9 Å². The van der Waals surface area contributed by atoms with E-state index in [1.165, 1.54) is 0 Å². The Balaban J connectivity index is 1.76. The standard InChI is InChI=1S/C11H19N3O4S/c15-10-2-1-8(6-13-10)14-11(16)5-9-7-19(17,18)4-3-12-9/h8-9,12H,1-7H2,(H,13,15)(H,14,16). The third kappa shape index (κ3) is 4.46. The summed E-state index contributed by atoms with van der Waals surface area (Å²) in [6, 6.07) is -0.359. The zero-order valence-corrected chi connectivity index (χ0v) is 11.5. The van der Waals surface area contributed by atoms with E-state index in [4.69, 9.17) is 0 Å². The topological polar surface area (TPSA) is 104 Å². The van der Waals surface area contributed by atoms with Crippen molar-refractivity contribution >= 4 is 21.7 Å². The number of hydrogen-bond donors (Lipinski definition) is 3. The zero-order valence-electron chi connectivity index (χ0n) is 10.6. The Bertz CT molecular complexity index is 453. The van der Waals surface area contributed by atoms with Crippen LogP contribution in [0.3, 0.4) is 0 Å². The average molecular weight is 289 g/mol. The quantitative estimate of drug-likeness (QED) is 0.566. The highest BCUT2D eigenvalue weighted by atomic mass is 32.2. The molecule has 2 atom stereocenters. The summed E-state index contributed by atoms with van der Waals surface area (Å²) in [5, 5.41) is 8.55. The van der Waals surface area contributed by atoms with Gasteiger partial charge >= 0.3 is 0 Å². The zero-order chi connectivity index (χ0) is 13.9.